The van der Waals surface area contributed by atoms with Crippen molar-refractivity contribution in [2.24, 2.45) is 0 Å². The Balaban J connectivity index is 2.12. The van der Waals surface area contributed by atoms with Gasteiger partial charge in [0.25, 0.3) is 0 Å². The van der Waals surface area contributed by atoms with E-state index in [4.69, 9.17) is 5.11 Å². The third-order valence-electron chi connectivity index (χ3n) is 2.88. The van der Waals surface area contributed by atoms with Crippen LogP contribution in [0.2, 0.25) is 0 Å². The maximum absolute atomic E-state index is 8.70. The molecule has 14 heavy (non-hydrogen) atoms. The van der Waals surface area contributed by atoms with Crippen molar-refractivity contribution in [2.45, 2.75) is 38.6 Å². The lowest BCUT2D eigenvalue weighted by atomic mass is 10.1. The van der Waals surface area contributed by atoms with Crippen molar-refractivity contribution in [3.05, 3.63) is 0 Å². The quantitative estimate of drug-likeness (QED) is 0.624. The number of aliphatic hydroxyl groups is 1. The summed E-state index contributed by atoms with van der Waals surface area (Å²) >= 11 is 0. The number of nitrogens with one attached hydrogen (secondary N) is 1. The summed E-state index contributed by atoms with van der Waals surface area (Å²) in [4.78, 5) is 2.52. The summed E-state index contributed by atoms with van der Waals surface area (Å²) in [5, 5.41) is 12.2. The minimum absolute atomic E-state index is 0.338. The summed E-state index contributed by atoms with van der Waals surface area (Å²) < 4.78 is 0. The molecule has 3 heteroatoms. The molecule has 1 saturated heterocycles. The third kappa shape index (κ3) is 4.40. The van der Waals surface area contributed by atoms with E-state index >= 15 is 0 Å². The fraction of sp³-hybridized carbons (Fsp3) is 1.00. The average molecular weight is 200 g/mol. The van der Waals surface area contributed by atoms with Crippen molar-refractivity contribution in [1.29, 1.82) is 0 Å². The van der Waals surface area contributed by atoms with Crippen LogP contribution in [0.15, 0.2) is 0 Å². The molecule has 1 unspecified atom stereocenters. The van der Waals surface area contributed by atoms with Crippen molar-refractivity contribution in [3.8, 4) is 0 Å². The molecule has 0 saturated carbocycles. The second-order valence-corrected chi connectivity index (χ2v) is 4.13. The van der Waals surface area contributed by atoms with Gasteiger partial charge in [-0.3, -0.25) is 0 Å². The number of hydrogen-bond donors (Lipinski definition) is 2. The van der Waals surface area contributed by atoms with Crippen LogP contribution in [0.5, 0.6) is 0 Å². The van der Waals surface area contributed by atoms with E-state index in [0.717, 1.165) is 25.9 Å². The highest BCUT2D eigenvalue weighted by Gasteiger charge is 2.17. The molecule has 2 N–H and O–H groups in total. The minimum atomic E-state index is 0.338. The van der Waals surface area contributed by atoms with Gasteiger partial charge >= 0.3 is 0 Å². The van der Waals surface area contributed by atoms with Crippen molar-refractivity contribution in [1.82, 2.24) is 10.2 Å². The van der Waals surface area contributed by atoms with Crippen LogP contribution in [0.1, 0.15) is 32.6 Å². The van der Waals surface area contributed by atoms with E-state index in [1.54, 1.807) is 0 Å². The molecule has 0 spiro atoms. The first-order valence-electron chi connectivity index (χ1n) is 5.93. The van der Waals surface area contributed by atoms with E-state index in [9.17, 15) is 0 Å². The molecule has 0 aromatic heterocycles. The van der Waals surface area contributed by atoms with Crippen LogP contribution < -0.4 is 5.32 Å². The second-order valence-electron chi connectivity index (χ2n) is 4.13. The number of unbranched alkanes of at least 4 members (excludes halogenated alkanes) is 1. The summed E-state index contributed by atoms with van der Waals surface area (Å²) in [6.45, 7) is 7.18. The molecular formula is C11H24N2O. The van der Waals surface area contributed by atoms with E-state index in [2.05, 4.69) is 17.1 Å². The molecule has 0 amide bonds. The van der Waals surface area contributed by atoms with Gasteiger partial charge in [0.2, 0.25) is 0 Å². The molecule has 1 atom stereocenters. The third-order valence-corrected chi connectivity index (χ3v) is 2.88. The fourth-order valence-electron chi connectivity index (χ4n) is 2.16. The molecule has 1 rings (SSSR count). The number of likely N-dealkylation sites (N-methyl/N-ethyl adjacent to an activating group) is 1. The number of likely N-dealkylation sites (tertiary alicyclic amines) is 1. The molecule has 0 aromatic carbocycles. The Kier molecular flexibility index (Phi) is 6.15. The zero-order valence-corrected chi connectivity index (χ0v) is 9.34. The van der Waals surface area contributed by atoms with Gasteiger partial charge in [0, 0.05) is 19.2 Å². The molecule has 84 valence electrons. The average Bonchev–Trinajstić information content (AvgIpc) is 2.19. The lowest BCUT2D eigenvalue weighted by Gasteiger charge is -2.33. The molecule has 1 heterocycles. The molecular weight excluding hydrogens is 176 g/mol. The molecule has 0 radical (unpaired) electrons. The van der Waals surface area contributed by atoms with Gasteiger partial charge in [-0.2, -0.15) is 0 Å². The summed E-state index contributed by atoms with van der Waals surface area (Å²) in [5.41, 5.74) is 0. The largest absolute Gasteiger partial charge is 0.396 e. The highest BCUT2D eigenvalue weighted by molar-refractivity contribution is 4.77. The SMILES string of the molecule is CCNC1CCCN(CCCCO)C1. The van der Waals surface area contributed by atoms with Gasteiger partial charge in [-0.05, 0) is 45.3 Å². The molecule has 0 aliphatic carbocycles. The van der Waals surface area contributed by atoms with Crippen LogP contribution in [-0.4, -0.2) is 48.8 Å². The van der Waals surface area contributed by atoms with Crippen molar-refractivity contribution >= 4 is 0 Å². The molecule has 0 aromatic rings. The summed E-state index contributed by atoms with van der Waals surface area (Å²) in [6, 6.07) is 0.697. The lowest BCUT2D eigenvalue weighted by molar-refractivity contribution is 0.182. The highest BCUT2D eigenvalue weighted by Crippen LogP contribution is 2.10. The van der Waals surface area contributed by atoms with Gasteiger partial charge in [-0.1, -0.05) is 6.92 Å². The fourth-order valence-corrected chi connectivity index (χ4v) is 2.16. The first-order valence-corrected chi connectivity index (χ1v) is 5.93. The lowest BCUT2D eigenvalue weighted by Crippen LogP contribution is -2.45. The Labute approximate surface area is 87.5 Å². The Bertz CT molecular complexity index is 139. The molecule has 1 aliphatic rings. The first-order chi connectivity index (χ1) is 6.86. The van der Waals surface area contributed by atoms with Crippen LogP contribution >= 0.6 is 0 Å². The summed E-state index contributed by atoms with van der Waals surface area (Å²) in [6.07, 6.45) is 4.72. The van der Waals surface area contributed by atoms with E-state index in [-0.39, 0.29) is 0 Å². The van der Waals surface area contributed by atoms with Crippen molar-refractivity contribution < 1.29 is 5.11 Å². The molecule has 1 aliphatic heterocycles. The van der Waals surface area contributed by atoms with Crippen LogP contribution in [0.25, 0.3) is 0 Å². The van der Waals surface area contributed by atoms with Gasteiger partial charge in [0.1, 0.15) is 0 Å². The maximum Gasteiger partial charge on any atom is 0.0431 e. The monoisotopic (exact) mass is 200 g/mol. The van der Waals surface area contributed by atoms with Crippen molar-refractivity contribution in [2.75, 3.05) is 32.8 Å². The Morgan fingerprint density at radius 1 is 1.43 bits per heavy atom. The Morgan fingerprint density at radius 2 is 2.29 bits per heavy atom. The van der Waals surface area contributed by atoms with E-state index < -0.39 is 0 Å². The standard InChI is InChI=1S/C11H24N2O/c1-2-12-11-6-5-8-13(10-11)7-3-4-9-14/h11-12,14H,2-10H2,1H3. The van der Waals surface area contributed by atoms with Crippen LogP contribution in [0.4, 0.5) is 0 Å². The Hall–Kier alpha value is -0.120. The normalized spacial score (nSPS) is 24.0. The maximum atomic E-state index is 8.70. The highest BCUT2D eigenvalue weighted by atomic mass is 16.2. The second kappa shape index (κ2) is 7.21. The summed E-state index contributed by atoms with van der Waals surface area (Å²) in [7, 11) is 0. The summed E-state index contributed by atoms with van der Waals surface area (Å²) in [5.74, 6) is 0. The van der Waals surface area contributed by atoms with E-state index in [0.29, 0.717) is 12.6 Å². The van der Waals surface area contributed by atoms with Crippen LogP contribution in [0.3, 0.4) is 0 Å². The van der Waals surface area contributed by atoms with Crippen molar-refractivity contribution in [3.63, 3.8) is 0 Å². The molecule has 3 nitrogen and oxygen atoms in total. The van der Waals surface area contributed by atoms with E-state index in [1.165, 1.54) is 25.9 Å². The predicted octanol–water partition coefficient (Wildman–Crippen LogP) is 0.833. The number of rotatable bonds is 6. The zero-order valence-electron chi connectivity index (χ0n) is 9.34. The smallest absolute Gasteiger partial charge is 0.0431 e. The minimum Gasteiger partial charge on any atom is -0.396 e. The number of hydrogen-bond acceptors (Lipinski definition) is 3. The number of nitrogens with zero attached hydrogens (tertiary/aromatic N) is 1. The Morgan fingerprint density at radius 3 is 3.00 bits per heavy atom. The van der Waals surface area contributed by atoms with Crippen LogP contribution in [0, 0.1) is 0 Å². The molecule has 1 fully saturated rings. The van der Waals surface area contributed by atoms with Crippen LogP contribution in [-0.2, 0) is 0 Å². The van der Waals surface area contributed by atoms with Gasteiger partial charge in [-0.25, -0.2) is 0 Å². The number of piperidine rings is 1. The zero-order chi connectivity index (χ0) is 10.2. The predicted molar refractivity (Wildman–Crippen MR) is 59.5 cm³/mol. The van der Waals surface area contributed by atoms with Gasteiger partial charge in [0.05, 0.1) is 0 Å². The number of aliphatic hydroxyl groups excluding tert-OH is 1. The van der Waals surface area contributed by atoms with Gasteiger partial charge < -0.3 is 15.3 Å². The topological polar surface area (TPSA) is 35.5 Å². The van der Waals surface area contributed by atoms with Gasteiger partial charge in [0.15, 0.2) is 0 Å². The van der Waals surface area contributed by atoms with E-state index in [1.807, 2.05) is 0 Å². The van der Waals surface area contributed by atoms with Gasteiger partial charge in [-0.15, -0.1) is 0 Å². The first kappa shape index (κ1) is 12.0. The molecule has 0 bridgehead atoms.